The normalized spacial score (nSPS) is 9.62. The molecule has 1 aromatic rings. The van der Waals surface area contributed by atoms with E-state index in [9.17, 15) is 0 Å². The van der Waals surface area contributed by atoms with Crippen molar-refractivity contribution in [2.45, 2.75) is 19.8 Å². The van der Waals surface area contributed by atoms with Crippen molar-refractivity contribution in [1.29, 1.82) is 0 Å². The minimum atomic E-state index is 0.949. The largest absolute Gasteiger partial charge is 0.103 e. The number of aryl methyl sites for hydroxylation is 1. The Labute approximate surface area is 80.6 Å². The van der Waals surface area contributed by atoms with Crippen molar-refractivity contribution in [3.8, 4) is 0 Å². The lowest BCUT2D eigenvalue weighted by molar-refractivity contribution is 1.12. The zero-order valence-electron chi connectivity index (χ0n) is 8.22. The summed E-state index contributed by atoms with van der Waals surface area (Å²) in [7, 11) is 0. The fraction of sp³-hybridized carbons (Fsp3) is 0.231. The van der Waals surface area contributed by atoms with Crippen molar-refractivity contribution in [1.82, 2.24) is 0 Å². The third-order valence-electron chi connectivity index (χ3n) is 2.22. The van der Waals surface area contributed by atoms with Gasteiger partial charge in [0, 0.05) is 0 Å². The van der Waals surface area contributed by atoms with Gasteiger partial charge in [-0.2, -0.15) is 0 Å². The second-order valence-corrected chi connectivity index (χ2v) is 3.20. The number of benzene rings is 1. The molecule has 0 nitrogen and oxygen atoms in total. The van der Waals surface area contributed by atoms with Gasteiger partial charge < -0.3 is 0 Å². The third kappa shape index (κ3) is 2.32. The molecule has 0 saturated heterocycles. The molecule has 0 N–H and O–H groups in total. The lowest BCUT2D eigenvalue weighted by Gasteiger charge is -2.08. The number of allylic oxidation sites excluding steroid dienone is 2. The molecule has 0 unspecified atom stereocenters. The van der Waals surface area contributed by atoms with Crippen LogP contribution >= 0.6 is 0 Å². The van der Waals surface area contributed by atoms with Crippen LogP contribution in [-0.2, 0) is 12.8 Å². The number of hydrogen-bond acceptors (Lipinski definition) is 0. The van der Waals surface area contributed by atoms with Crippen molar-refractivity contribution < 1.29 is 0 Å². The Morgan fingerprint density at radius 2 is 1.85 bits per heavy atom. The first-order valence-corrected chi connectivity index (χ1v) is 4.58. The summed E-state index contributed by atoms with van der Waals surface area (Å²) in [6, 6.07) is 6.40. The zero-order chi connectivity index (χ0) is 9.68. The van der Waals surface area contributed by atoms with Crippen LogP contribution in [0.25, 0.3) is 0 Å². The molecule has 13 heavy (non-hydrogen) atoms. The van der Waals surface area contributed by atoms with Gasteiger partial charge in [0.2, 0.25) is 0 Å². The highest BCUT2D eigenvalue weighted by Crippen LogP contribution is 2.16. The van der Waals surface area contributed by atoms with Gasteiger partial charge in [-0.3, -0.25) is 0 Å². The molecule has 0 amide bonds. The summed E-state index contributed by atoms with van der Waals surface area (Å²) in [5, 5.41) is 0. The molecule has 0 saturated carbocycles. The summed E-state index contributed by atoms with van der Waals surface area (Å²) in [4.78, 5) is 0. The summed E-state index contributed by atoms with van der Waals surface area (Å²) < 4.78 is 0. The Balaban J connectivity index is 3.08. The minimum absolute atomic E-state index is 0.949. The van der Waals surface area contributed by atoms with Gasteiger partial charge in [-0.25, -0.2) is 0 Å². The van der Waals surface area contributed by atoms with Crippen molar-refractivity contribution in [2.75, 3.05) is 0 Å². The van der Waals surface area contributed by atoms with E-state index in [1.54, 1.807) is 0 Å². The van der Waals surface area contributed by atoms with Gasteiger partial charge in [0.1, 0.15) is 0 Å². The monoisotopic (exact) mass is 172 g/mol. The highest BCUT2D eigenvalue weighted by molar-refractivity contribution is 5.36. The van der Waals surface area contributed by atoms with Crippen molar-refractivity contribution in [3.63, 3.8) is 0 Å². The fourth-order valence-electron chi connectivity index (χ4n) is 1.55. The predicted molar refractivity (Wildman–Crippen MR) is 59.0 cm³/mol. The van der Waals surface area contributed by atoms with Crippen LogP contribution in [0, 0.1) is 6.92 Å². The summed E-state index contributed by atoms with van der Waals surface area (Å²) in [5.74, 6) is 0. The molecule has 0 aliphatic heterocycles. The highest BCUT2D eigenvalue weighted by Gasteiger charge is 2.01. The molecule has 0 heterocycles. The van der Waals surface area contributed by atoms with Crippen LogP contribution in [0.3, 0.4) is 0 Å². The van der Waals surface area contributed by atoms with Crippen LogP contribution in [0.15, 0.2) is 43.5 Å². The van der Waals surface area contributed by atoms with Gasteiger partial charge in [0.15, 0.2) is 0 Å². The molecule has 0 bridgehead atoms. The van der Waals surface area contributed by atoms with Crippen molar-refractivity contribution in [2.24, 2.45) is 0 Å². The molecule has 0 atom stereocenters. The van der Waals surface area contributed by atoms with E-state index in [0.717, 1.165) is 12.8 Å². The SMILES string of the molecule is C=CCc1cccc(C)c1CC=C. The first-order valence-electron chi connectivity index (χ1n) is 4.58. The molecule has 0 aromatic heterocycles. The molecule has 0 aliphatic carbocycles. The Morgan fingerprint density at radius 3 is 2.46 bits per heavy atom. The zero-order valence-corrected chi connectivity index (χ0v) is 8.22. The van der Waals surface area contributed by atoms with Gasteiger partial charge >= 0.3 is 0 Å². The Kier molecular flexibility index (Phi) is 3.51. The first kappa shape index (κ1) is 9.79. The molecule has 0 heteroatoms. The van der Waals surface area contributed by atoms with Gasteiger partial charge in [-0.15, -0.1) is 13.2 Å². The Morgan fingerprint density at radius 1 is 1.15 bits per heavy atom. The van der Waals surface area contributed by atoms with Gasteiger partial charge in [0.25, 0.3) is 0 Å². The van der Waals surface area contributed by atoms with Crippen molar-refractivity contribution >= 4 is 0 Å². The second-order valence-electron chi connectivity index (χ2n) is 3.20. The molecule has 1 rings (SSSR count). The van der Waals surface area contributed by atoms with Crippen LogP contribution in [0.2, 0.25) is 0 Å². The maximum absolute atomic E-state index is 3.77. The fourth-order valence-corrected chi connectivity index (χ4v) is 1.55. The van der Waals surface area contributed by atoms with Crippen LogP contribution in [0.1, 0.15) is 16.7 Å². The van der Waals surface area contributed by atoms with Gasteiger partial charge in [-0.05, 0) is 36.5 Å². The van der Waals surface area contributed by atoms with E-state index in [2.05, 4.69) is 38.3 Å². The lowest BCUT2D eigenvalue weighted by Crippen LogP contribution is -1.94. The molecule has 0 aliphatic rings. The van der Waals surface area contributed by atoms with Crippen LogP contribution in [-0.4, -0.2) is 0 Å². The maximum atomic E-state index is 3.77. The number of rotatable bonds is 4. The van der Waals surface area contributed by atoms with E-state index >= 15 is 0 Å². The van der Waals surface area contributed by atoms with E-state index in [0.29, 0.717) is 0 Å². The lowest BCUT2D eigenvalue weighted by atomic mass is 9.97. The van der Waals surface area contributed by atoms with Gasteiger partial charge in [0.05, 0.1) is 0 Å². The third-order valence-corrected chi connectivity index (χ3v) is 2.22. The highest BCUT2D eigenvalue weighted by atomic mass is 14.1. The molecular formula is C13H16. The van der Waals surface area contributed by atoms with E-state index in [4.69, 9.17) is 0 Å². The average molecular weight is 172 g/mol. The summed E-state index contributed by atoms with van der Waals surface area (Å²) in [6.45, 7) is 9.68. The molecular weight excluding hydrogens is 156 g/mol. The molecule has 0 fully saturated rings. The molecule has 0 radical (unpaired) electrons. The minimum Gasteiger partial charge on any atom is -0.103 e. The number of hydrogen-bond donors (Lipinski definition) is 0. The van der Waals surface area contributed by atoms with E-state index in [-0.39, 0.29) is 0 Å². The Hall–Kier alpha value is -1.30. The summed E-state index contributed by atoms with van der Waals surface area (Å²) >= 11 is 0. The second kappa shape index (κ2) is 4.66. The van der Waals surface area contributed by atoms with E-state index in [1.807, 2.05) is 12.2 Å². The summed E-state index contributed by atoms with van der Waals surface area (Å²) in [5.41, 5.74) is 4.12. The van der Waals surface area contributed by atoms with E-state index in [1.165, 1.54) is 16.7 Å². The van der Waals surface area contributed by atoms with Crippen LogP contribution in [0.4, 0.5) is 0 Å². The van der Waals surface area contributed by atoms with Crippen LogP contribution < -0.4 is 0 Å². The molecule has 1 aromatic carbocycles. The standard InChI is InChI=1S/C13H16/c1-4-7-12-10-6-9-11(3)13(12)8-5-2/h4-6,9-10H,1-2,7-8H2,3H3. The first-order chi connectivity index (χ1) is 6.29. The predicted octanol–water partition coefficient (Wildman–Crippen LogP) is 3.45. The van der Waals surface area contributed by atoms with Crippen LogP contribution in [0.5, 0.6) is 0 Å². The van der Waals surface area contributed by atoms with Gasteiger partial charge in [-0.1, -0.05) is 30.4 Å². The molecule has 68 valence electrons. The van der Waals surface area contributed by atoms with E-state index < -0.39 is 0 Å². The Bertz CT molecular complexity index is 308. The van der Waals surface area contributed by atoms with Crippen molar-refractivity contribution in [3.05, 3.63) is 60.2 Å². The topological polar surface area (TPSA) is 0 Å². The maximum Gasteiger partial charge on any atom is -0.00947 e. The average Bonchev–Trinajstić information content (AvgIpc) is 2.11. The smallest absolute Gasteiger partial charge is 0.00947 e. The molecule has 0 spiro atoms. The summed E-state index contributed by atoms with van der Waals surface area (Å²) in [6.07, 6.45) is 5.80. The quantitative estimate of drug-likeness (QED) is 0.610.